The molecule has 0 saturated heterocycles. The standard InChI is InChI=1S/C28H25NO6/c1-5-13-34-28(32)25-17(3)29-16(2)24(27(31)33-4)26(25)19-11-12-22-20(14-19)21(30)15-23(35-22)18-9-7-6-8-10-18/h5-12,14-15,26,29H,1,13H2,2-4H3. The number of benzene rings is 2. The predicted molar refractivity (Wildman–Crippen MR) is 132 cm³/mol. The highest BCUT2D eigenvalue weighted by Gasteiger charge is 2.38. The smallest absolute Gasteiger partial charge is 0.337 e. The topological polar surface area (TPSA) is 94.8 Å². The Hall–Kier alpha value is -4.39. The van der Waals surface area contributed by atoms with E-state index in [1.165, 1.54) is 19.3 Å². The molecule has 35 heavy (non-hydrogen) atoms. The molecule has 0 spiro atoms. The van der Waals surface area contributed by atoms with Crippen molar-refractivity contribution >= 4 is 22.9 Å². The Kier molecular flexibility index (Phi) is 6.68. The van der Waals surface area contributed by atoms with Gasteiger partial charge in [0, 0.05) is 23.0 Å². The molecule has 1 aromatic heterocycles. The van der Waals surface area contributed by atoms with E-state index >= 15 is 0 Å². The minimum absolute atomic E-state index is 0.0160. The Labute approximate surface area is 202 Å². The third-order valence-electron chi connectivity index (χ3n) is 5.86. The molecule has 7 heteroatoms. The average Bonchev–Trinajstić information content (AvgIpc) is 2.86. The highest BCUT2D eigenvalue weighted by molar-refractivity contribution is 6.00. The van der Waals surface area contributed by atoms with Gasteiger partial charge in [0.15, 0.2) is 5.43 Å². The van der Waals surface area contributed by atoms with Crippen LogP contribution in [0.4, 0.5) is 0 Å². The lowest BCUT2D eigenvalue weighted by molar-refractivity contribution is -0.138. The maximum absolute atomic E-state index is 13.1. The number of esters is 2. The van der Waals surface area contributed by atoms with Crippen molar-refractivity contribution in [3.05, 3.63) is 106 Å². The third kappa shape index (κ3) is 4.53. The quantitative estimate of drug-likeness (QED) is 0.415. The van der Waals surface area contributed by atoms with Crippen LogP contribution in [0.5, 0.6) is 0 Å². The summed E-state index contributed by atoms with van der Waals surface area (Å²) in [5, 5.41) is 3.41. The van der Waals surface area contributed by atoms with Crippen LogP contribution >= 0.6 is 0 Å². The van der Waals surface area contributed by atoms with E-state index in [0.717, 1.165) is 5.56 Å². The summed E-state index contributed by atoms with van der Waals surface area (Å²) in [5.74, 6) is -1.54. The summed E-state index contributed by atoms with van der Waals surface area (Å²) in [4.78, 5) is 38.9. The first-order chi connectivity index (χ1) is 16.8. The molecule has 178 valence electrons. The van der Waals surface area contributed by atoms with Crippen molar-refractivity contribution in [2.45, 2.75) is 19.8 Å². The predicted octanol–water partition coefficient (Wildman–Crippen LogP) is 4.60. The molecule has 1 aliphatic rings. The maximum Gasteiger partial charge on any atom is 0.337 e. The van der Waals surface area contributed by atoms with Gasteiger partial charge in [0.2, 0.25) is 0 Å². The second kappa shape index (κ2) is 9.85. The Balaban J connectivity index is 1.88. The van der Waals surface area contributed by atoms with Crippen molar-refractivity contribution in [2.75, 3.05) is 13.7 Å². The number of hydrogen-bond acceptors (Lipinski definition) is 7. The summed E-state index contributed by atoms with van der Waals surface area (Å²) in [5.41, 5.74) is 3.10. The number of methoxy groups -OCH3 is 1. The Morgan fingerprint density at radius 1 is 1.03 bits per heavy atom. The molecule has 1 atom stereocenters. The minimum Gasteiger partial charge on any atom is -0.466 e. The van der Waals surface area contributed by atoms with E-state index in [0.29, 0.717) is 33.7 Å². The molecule has 0 radical (unpaired) electrons. The molecule has 2 heterocycles. The molecule has 0 saturated carbocycles. The molecule has 1 N–H and O–H groups in total. The van der Waals surface area contributed by atoms with Crippen LogP contribution in [0.3, 0.4) is 0 Å². The van der Waals surface area contributed by atoms with Gasteiger partial charge in [-0.15, -0.1) is 0 Å². The lowest BCUT2D eigenvalue weighted by Gasteiger charge is -2.30. The fraction of sp³-hybridized carbons (Fsp3) is 0.179. The summed E-state index contributed by atoms with van der Waals surface area (Å²) in [6.45, 7) is 7.06. The maximum atomic E-state index is 13.1. The van der Waals surface area contributed by atoms with E-state index < -0.39 is 17.9 Å². The summed E-state index contributed by atoms with van der Waals surface area (Å²) in [6, 6.07) is 15.8. The van der Waals surface area contributed by atoms with Gasteiger partial charge in [0.1, 0.15) is 18.0 Å². The Morgan fingerprint density at radius 3 is 2.37 bits per heavy atom. The van der Waals surface area contributed by atoms with Crippen LogP contribution in [0, 0.1) is 0 Å². The summed E-state index contributed by atoms with van der Waals surface area (Å²) in [6.07, 6.45) is 1.47. The molecule has 7 nitrogen and oxygen atoms in total. The van der Waals surface area contributed by atoms with Crippen molar-refractivity contribution in [3.63, 3.8) is 0 Å². The van der Waals surface area contributed by atoms with E-state index in [9.17, 15) is 14.4 Å². The van der Waals surface area contributed by atoms with Gasteiger partial charge < -0.3 is 19.2 Å². The largest absolute Gasteiger partial charge is 0.466 e. The van der Waals surface area contributed by atoms with E-state index in [1.807, 2.05) is 30.3 Å². The number of fused-ring (bicyclic) bond motifs is 1. The number of carbonyl (C=O) groups excluding carboxylic acids is 2. The van der Waals surface area contributed by atoms with Gasteiger partial charge in [-0.1, -0.05) is 49.1 Å². The number of rotatable bonds is 6. The summed E-state index contributed by atoms with van der Waals surface area (Å²) >= 11 is 0. The molecule has 1 aliphatic heterocycles. The van der Waals surface area contributed by atoms with Crippen LogP contribution in [0.25, 0.3) is 22.3 Å². The van der Waals surface area contributed by atoms with Crippen molar-refractivity contribution in [2.24, 2.45) is 0 Å². The lowest BCUT2D eigenvalue weighted by Crippen LogP contribution is -2.32. The highest BCUT2D eigenvalue weighted by atomic mass is 16.5. The Morgan fingerprint density at radius 2 is 1.71 bits per heavy atom. The molecule has 0 bridgehead atoms. The molecule has 2 aromatic carbocycles. The zero-order chi connectivity index (χ0) is 25.1. The second-order valence-corrected chi connectivity index (χ2v) is 8.11. The monoisotopic (exact) mass is 471 g/mol. The molecule has 4 rings (SSSR count). The van der Waals surface area contributed by atoms with Crippen molar-refractivity contribution in [3.8, 4) is 11.3 Å². The molecule has 3 aromatic rings. The van der Waals surface area contributed by atoms with Gasteiger partial charge in [-0.2, -0.15) is 0 Å². The van der Waals surface area contributed by atoms with E-state index in [2.05, 4.69) is 11.9 Å². The van der Waals surface area contributed by atoms with Gasteiger partial charge in [-0.05, 0) is 31.5 Å². The number of dihydropyridines is 1. The number of hydrogen-bond donors (Lipinski definition) is 1. The van der Waals surface area contributed by atoms with Crippen LogP contribution in [0.2, 0.25) is 0 Å². The van der Waals surface area contributed by atoms with Crippen LogP contribution < -0.4 is 10.7 Å². The lowest BCUT2D eigenvalue weighted by atomic mass is 9.80. The normalized spacial score (nSPS) is 15.6. The highest BCUT2D eigenvalue weighted by Crippen LogP contribution is 2.40. The molecule has 0 amide bonds. The number of allylic oxidation sites excluding steroid dienone is 2. The van der Waals surface area contributed by atoms with Crippen LogP contribution in [0.1, 0.15) is 25.3 Å². The van der Waals surface area contributed by atoms with Crippen molar-refractivity contribution < 1.29 is 23.5 Å². The van der Waals surface area contributed by atoms with Gasteiger partial charge in [-0.25, -0.2) is 9.59 Å². The van der Waals surface area contributed by atoms with Crippen molar-refractivity contribution in [1.29, 1.82) is 0 Å². The zero-order valence-corrected chi connectivity index (χ0v) is 19.7. The second-order valence-electron chi connectivity index (χ2n) is 8.11. The first-order valence-corrected chi connectivity index (χ1v) is 11.0. The third-order valence-corrected chi connectivity index (χ3v) is 5.86. The van der Waals surface area contributed by atoms with Crippen LogP contribution in [0.15, 0.2) is 99.0 Å². The van der Waals surface area contributed by atoms with E-state index in [-0.39, 0.29) is 23.2 Å². The van der Waals surface area contributed by atoms with E-state index in [4.69, 9.17) is 13.9 Å². The number of ether oxygens (including phenoxy) is 2. The first-order valence-electron chi connectivity index (χ1n) is 11.0. The fourth-order valence-corrected chi connectivity index (χ4v) is 4.29. The van der Waals surface area contributed by atoms with Crippen molar-refractivity contribution in [1.82, 2.24) is 5.32 Å². The average molecular weight is 472 g/mol. The van der Waals surface area contributed by atoms with Gasteiger partial charge in [0.05, 0.1) is 29.6 Å². The van der Waals surface area contributed by atoms with Gasteiger partial charge in [0.25, 0.3) is 0 Å². The molecule has 1 unspecified atom stereocenters. The van der Waals surface area contributed by atoms with Crippen LogP contribution in [-0.4, -0.2) is 25.7 Å². The zero-order valence-electron chi connectivity index (χ0n) is 19.7. The summed E-state index contributed by atoms with van der Waals surface area (Å²) < 4.78 is 16.3. The van der Waals surface area contributed by atoms with E-state index in [1.54, 1.807) is 32.0 Å². The number of nitrogens with one attached hydrogen (secondary N) is 1. The molecule has 0 aliphatic carbocycles. The van der Waals surface area contributed by atoms with Gasteiger partial charge >= 0.3 is 11.9 Å². The van der Waals surface area contributed by atoms with Crippen LogP contribution in [-0.2, 0) is 19.1 Å². The SMILES string of the molecule is C=CCOC(=O)C1=C(C)NC(C)=C(C(=O)OC)C1c1ccc2oc(-c3ccccc3)cc(=O)c2c1. The number of carbonyl (C=O) groups is 2. The Bertz CT molecular complexity index is 1450. The molecule has 0 fully saturated rings. The van der Waals surface area contributed by atoms with Gasteiger partial charge in [-0.3, -0.25) is 4.79 Å². The molecular formula is C28H25NO6. The molecular weight excluding hydrogens is 446 g/mol. The summed E-state index contributed by atoms with van der Waals surface area (Å²) in [7, 11) is 1.28. The first kappa shape index (κ1) is 23.8. The fourth-order valence-electron chi connectivity index (χ4n) is 4.29. The minimum atomic E-state index is -0.807.